The van der Waals surface area contributed by atoms with E-state index in [4.69, 9.17) is 0 Å². The number of rotatable bonds is 9. The maximum Gasteiger partial charge on any atom is 0.123 e. The van der Waals surface area contributed by atoms with Crippen LogP contribution in [0.4, 0.5) is 0 Å². The molecule has 106 valence electrons. The second-order valence-electron chi connectivity index (χ2n) is 5.30. The molecule has 0 aromatic carbocycles. The monoisotopic (exact) mass is 254 g/mol. The number of unbranched alkanes of at least 4 members (excludes halogenated alkanes) is 5. The van der Waals surface area contributed by atoms with Gasteiger partial charge in [-0.1, -0.05) is 52.4 Å². The molecule has 1 saturated carbocycles. The Hall–Kier alpha value is -0.660. The number of hydrogen-bond acceptors (Lipinski definition) is 2. The summed E-state index contributed by atoms with van der Waals surface area (Å²) in [6.07, 6.45) is 14.0. The largest absolute Gasteiger partial charge is 0.303 e. The minimum Gasteiger partial charge on any atom is -0.303 e. The van der Waals surface area contributed by atoms with E-state index >= 15 is 0 Å². The van der Waals surface area contributed by atoms with Crippen molar-refractivity contribution in [3.63, 3.8) is 0 Å². The Morgan fingerprint density at radius 1 is 0.944 bits per heavy atom. The molecule has 2 heteroatoms. The molecule has 0 aliphatic heterocycles. The third-order valence-electron chi connectivity index (χ3n) is 3.74. The highest BCUT2D eigenvalue weighted by atomic mass is 16.1. The standard InChI is InChI=1S/C8H14O.C8H16O/c1-2-3-7-4-5-8(7)6-9;1-2-3-4-5-6-7-8-9/h6-8H,2-5H2,1H3;8H,2-7H2,1H3. The minimum atomic E-state index is 0.421. The Bertz CT molecular complexity index is 201. The summed E-state index contributed by atoms with van der Waals surface area (Å²) in [5.74, 6) is 1.16. The number of aldehydes is 2. The van der Waals surface area contributed by atoms with Crippen molar-refractivity contribution in [2.24, 2.45) is 11.8 Å². The predicted octanol–water partition coefficient (Wildman–Crippen LogP) is 4.56. The van der Waals surface area contributed by atoms with E-state index in [0.717, 1.165) is 37.8 Å². The van der Waals surface area contributed by atoms with Crippen LogP contribution in [0.3, 0.4) is 0 Å². The second-order valence-corrected chi connectivity index (χ2v) is 5.30. The molecule has 0 aromatic rings. The van der Waals surface area contributed by atoms with Gasteiger partial charge in [0.1, 0.15) is 12.6 Å². The van der Waals surface area contributed by atoms with Crippen molar-refractivity contribution in [1.82, 2.24) is 0 Å². The second kappa shape index (κ2) is 12.8. The molecule has 2 nitrogen and oxygen atoms in total. The zero-order chi connectivity index (χ0) is 13.6. The van der Waals surface area contributed by atoms with Crippen LogP contribution in [0.5, 0.6) is 0 Å². The molecule has 0 N–H and O–H groups in total. The lowest BCUT2D eigenvalue weighted by molar-refractivity contribution is -0.115. The summed E-state index contributed by atoms with van der Waals surface area (Å²) >= 11 is 0. The lowest BCUT2D eigenvalue weighted by Crippen LogP contribution is -2.26. The molecule has 1 fully saturated rings. The van der Waals surface area contributed by atoms with Crippen LogP contribution in [0.15, 0.2) is 0 Å². The third-order valence-corrected chi connectivity index (χ3v) is 3.74. The molecule has 0 spiro atoms. The first-order chi connectivity index (χ1) is 8.79. The summed E-state index contributed by atoms with van der Waals surface area (Å²) in [4.78, 5) is 20.1. The van der Waals surface area contributed by atoms with Crippen molar-refractivity contribution < 1.29 is 9.59 Å². The molecular weight excluding hydrogens is 224 g/mol. The van der Waals surface area contributed by atoms with Crippen LogP contribution in [0.2, 0.25) is 0 Å². The van der Waals surface area contributed by atoms with E-state index in [1.54, 1.807) is 0 Å². The topological polar surface area (TPSA) is 34.1 Å². The van der Waals surface area contributed by atoms with Crippen molar-refractivity contribution >= 4 is 12.6 Å². The molecule has 18 heavy (non-hydrogen) atoms. The first-order valence-electron chi connectivity index (χ1n) is 7.69. The van der Waals surface area contributed by atoms with Gasteiger partial charge in [-0.15, -0.1) is 0 Å². The maximum atomic E-state index is 10.3. The molecule has 1 aliphatic carbocycles. The number of carbonyl (C=O) groups excluding carboxylic acids is 2. The summed E-state index contributed by atoms with van der Waals surface area (Å²) in [7, 11) is 0. The third kappa shape index (κ3) is 8.43. The first-order valence-corrected chi connectivity index (χ1v) is 7.69. The summed E-state index contributed by atoms with van der Waals surface area (Å²) in [6, 6.07) is 0. The van der Waals surface area contributed by atoms with E-state index < -0.39 is 0 Å². The van der Waals surface area contributed by atoms with Crippen LogP contribution >= 0.6 is 0 Å². The van der Waals surface area contributed by atoms with Crippen LogP contribution in [-0.2, 0) is 9.59 Å². The highest BCUT2D eigenvalue weighted by molar-refractivity contribution is 5.55. The fraction of sp³-hybridized carbons (Fsp3) is 0.875. The van der Waals surface area contributed by atoms with Crippen molar-refractivity contribution in [1.29, 1.82) is 0 Å². The van der Waals surface area contributed by atoms with Gasteiger partial charge < -0.3 is 9.59 Å². The Morgan fingerprint density at radius 2 is 1.67 bits per heavy atom. The van der Waals surface area contributed by atoms with E-state index in [0.29, 0.717) is 5.92 Å². The average molecular weight is 254 g/mol. The predicted molar refractivity (Wildman–Crippen MR) is 76.6 cm³/mol. The van der Waals surface area contributed by atoms with Crippen molar-refractivity contribution in [3.8, 4) is 0 Å². The Balaban J connectivity index is 0.000000321. The summed E-state index contributed by atoms with van der Waals surface area (Å²) < 4.78 is 0. The van der Waals surface area contributed by atoms with E-state index in [2.05, 4.69) is 13.8 Å². The molecule has 0 aromatic heterocycles. The van der Waals surface area contributed by atoms with E-state index in [1.807, 2.05) is 0 Å². The van der Waals surface area contributed by atoms with E-state index in [-0.39, 0.29) is 0 Å². The van der Waals surface area contributed by atoms with Gasteiger partial charge in [-0.25, -0.2) is 0 Å². The van der Waals surface area contributed by atoms with Crippen LogP contribution in [0.25, 0.3) is 0 Å². The summed E-state index contributed by atoms with van der Waals surface area (Å²) in [5, 5.41) is 0. The quantitative estimate of drug-likeness (QED) is 0.446. The van der Waals surface area contributed by atoms with Crippen LogP contribution in [-0.4, -0.2) is 12.6 Å². The lowest BCUT2D eigenvalue weighted by Gasteiger charge is -2.32. The van der Waals surface area contributed by atoms with Gasteiger partial charge >= 0.3 is 0 Å². The fourth-order valence-electron chi connectivity index (χ4n) is 2.33. The average Bonchev–Trinajstić information content (AvgIpc) is 2.36. The van der Waals surface area contributed by atoms with Gasteiger partial charge in [-0.2, -0.15) is 0 Å². The van der Waals surface area contributed by atoms with Gasteiger partial charge in [0, 0.05) is 12.3 Å². The Kier molecular flexibility index (Phi) is 12.3. The minimum absolute atomic E-state index is 0.421. The highest BCUT2D eigenvalue weighted by Gasteiger charge is 2.28. The van der Waals surface area contributed by atoms with Gasteiger partial charge in [0.25, 0.3) is 0 Å². The molecule has 0 amide bonds. The highest BCUT2D eigenvalue weighted by Crippen LogP contribution is 2.35. The first kappa shape index (κ1) is 17.3. The van der Waals surface area contributed by atoms with Crippen molar-refractivity contribution in [3.05, 3.63) is 0 Å². The fourth-order valence-corrected chi connectivity index (χ4v) is 2.33. The van der Waals surface area contributed by atoms with Gasteiger partial charge in [0.05, 0.1) is 0 Å². The Morgan fingerprint density at radius 3 is 2.11 bits per heavy atom. The van der Waals surface area contributed by atoms with Crippen LogP contribution in [0.1, 0.15) is 78.1 Å². The molecule has 0 radical (unpaired) electrons. The van der Waals surface area contributed by atoms with Crippen LogP contribution < -0.4 is 0 Å². The normalized spacial score (nSPS) is 21.4. The van der Waals surface area contributed by atoms with Gasteiger partial charge in [-0.05, 0) is 25.2 Å². The number of hydrogen-bond donors (Lipinski definition) is 0. The Labute approximate surface area is 113 Å². The molecule has 2 atom stereocenters. The SMILES string of the molecule is CCCC1CCC1C=O.CCCCCCCC=O. The molecule has 1 aliphatic rings. The van der Waals surface area contributed by atoms with Crippen LogP contribution in [0, 0.1) is 11.8 Å². The summed E-state index contributed by atoms with van der Waals surface area (Å²) in [6.45, 7) is 4.37. The molecule has 0 bridgehead atoms. The molecule has 1 rings (SSSR count). The number of carbonyl (C=O) groups is 2. The van der Waals surface area contributed by atoms with E-state index in [1.165, 1.54) is 44.9 Å². The maximum absolute atomic E-state index is 10.3. The zero-order valence-corrected chi connectivity index (χ0v) is 12.2. The van der Waals surface area contributed by atoms with E-state index in [9.17, 15) is 9.59 Å². The molecule has 0 heterocycles. The van der Waals surface area contributed by atoms with Gasteiger partial charge in [0.15, 0.2) is 0 Å². The smallest absolute Gasteiger partial charge is 0.123 e. The van der Waals surface area contributed by atoms with Crippen molar-refractivity contribution in [2.75, 3.05) is 0 Å². The molecular formula is C16H30O2. The van der Waals surface area contributed by atoms with Gasteiger partial charge in [-0.3, -0.25) is 0 Å². The molecule has 0 saturated heterocycles. The molecule has 2 unspecified atom stereocenters. The van der Waals surface area contributed by atoms with Gasteiger partial charge in [0.2, 0.25) is 0 Å². The lowest BCUT2D eigenvalue weighted by atomic mass is 9.72. The zero-order valence-electron chi connectivity index (χ0n) is 12.2. The van der Waals surface area contributed by atoms with Crippen molar-refractivity contribution in [2.45, 2.75) is 78.1 Å². The summed E-state index contributed by atoms with van der Waals surface area (Å²) in [5.41, 5.74) is 0.